The summed E-state index contributed by atoms with van der Waals surface area (Å²) in [6.45, 7) is 9.11. The number of ether oxygens (including phenoxy) is 2. The highest BCUT2D eigenvalue weighted by atomic mass is 32.1. The van der Waals surface area contributed by atoms with E-state index in [2.05, 4.69) is 5.32 Å². The number of anilines is 1. The van der Waals surface area contributed by atoms with Gasteiger partial charge >= 0.3 is 11.9 Å². The van der Waals surface area contributed by atoms with Crippen molar-refractivity contribution < 1.29 is 23.9 Å². The largest absolute Gasteiger partial charge is 0.462 e. The zero-order valence-electron chi connectivity index (χ0n) is 16.8. The van der Waals surface area contributed by atoms with Crippen LogP contribution in [0.3, 0.4) is 0 Å². The first-order valence-corrected chi connectivity index (χ1v) is 9.94. The van der Waals surface area contributed by atoms with Crippen molar-refractivity contribution in [3.05, 3.63) is 50.9 Å². The van der Waals surface area contributed by atoms with Gasteiger partial charge in [0.05, 0.1) is 17.7 Å². The minimum Gasteiger partial charge on any atom is -0.462 e. The number of aryl methyl sites for hydroxylation is 2. The number of benzene rings is 1. The van der Waals surface area contributed by atoms with Crippen LogP contribution in [0.4, 0.5) is 5.00 Å². The van der Waals surface area contributed by atoms with Crippen LogP contribution in [-0.2, 0) is 20.7 Å². The van der Waals surface area contributed by atoms with Crippen molar-refractivity contribution in [1.29, 1.82) is 0 Å². The lowest BCUT2D eigenvalue weighted by molar-refractivity contribution is -0.119. The maximum Gasteiger partial charge on any atom is 0.341 e. The Morgan fingerprint density at radius 1 is 1.04 bits per heavy atom. The van der Waals surface area contributed by atoms with E-state index in [1.54, 1.807) is 19.1 Å². The summed E-state index contributed by atoms with van der Waals surface area (Å²) in [5.41, 5.74) is 3.45. The number of nitrogens with one attached hydrogen (secondary N) is 1. The first-order valence-electron chi connectivity index (χ1n) is 9.12. The molecule has 0 unspecified atom stereocenters. The van der Waals surface area contributed by atoms with Crippen LogP contribution in [0.1, 0.15) is 56.1 Å². The molecule has 150 valence electrons. The Labute approximate surface area is 168 Å². The Kier molecular flexibility index (Phi) is 7.34. The Morgan fingerprint density at radius 3 is 2.39 bits per heavy atom. The second-order valence-electron chi connectivity index (χ2n) is 6.29. The quantitative estimate of drug-likeness (QED) is 0.701. The van der Waals surface area contributed by atoms with Gasteiger partial charge in [-0.25, -0.2) is 9.59 Å². The summed E-state index contributed by atoms with van der Waals surface area (Å²) in [6, 6.07) is 5.34. The summed E-state index contributed by atoms with van der Waals surface area (Å²) < 4.78 is 10.3. The highest BCUT2D eigenvalue weighted by molar-refractivity contribution is 7.16. The summed E-state index contributed by atoms with van der Waals surface area (Å²) in [6.07, 6.45) is 0.647. The number of hydrogen-bond acceptors (Lipinski definition) is 6. The van der Waals surface area contributed by atoms with E-state index in [0.29, 0.717) is 22.5 Å². The highest BCUT2D eigenvalue weighted by Gasteiger charge is 2.24. The molecule has 0 fully saturated rings. The molecule has 28 heavy (non-hydrogen) atoms. The molecule has 1 aromatic carbocycles. The molecule has 0 aliphatic carbocycles. The maximum atomic E-state index is 12.3. The molecular formula is C21H25NO5S. The van der Waals surface area contributed by atoms with Crippen LogP contribution in [0.25, 0.3) is 0 Å². The van der Waals surface area contributed by atoms with Crippen molar-refractivity contribution in [2.75, 3.05) is 18.5 Å². The van der Waals surface area contributed by atoms with Gasteiger partial charge in [0.15, 0.2) is 6.61 Å². The van der Waals surface area contributed by atoms with Crippen molar-refractivity contribution in [3.63, 3.8) is 0 Å². The molecule has 1 aromatic heterocycles. The molecule has 0 aliphatic rings. The Bertz CT molecular complexity index is 900. The molecule has 2 aromatic rings. The van der Waals surface area contributed by atoms with E-state index in [4.69, 9.17) is 9.47 Å². The maximum absolute atomic E-state index is 12.3. The second-order valence-corrected chi connectivity index (χ2v) is 7.51. The summed E-state index contributed by atoms with van der Waals surface area (Å²) >= 11 is 1.31. The lowest BCUT2D eigenvalue weighted by atomic mass is 10.0. The van der Waals surface area contributed by atoms with Gasteiger partial charge in [0.2, 0.25) is 0 Å². The first kappa shape index (κ1) is 21.6. The molecule has 0 aliphatic heterocycles. The van der Waals surface area contributed by atoms with Crippen LogP contribution in [-0.4, -0.2) is 31.1 Å². The van der Waals surface area contributed by atoms with Gasteiger partial charge in [-0.1, -0.05) is 19.1 Å². The molecule has 0 spiro atoms. The number of hydrogen-bond donors (Lipinski definition) is 1. The minimum absolute atomic E-state index is 0.248. The van der Waals surface area contributed by atoms with Crippen molar-refractivity contribution in [1.82, 2.24) is 0 Å². The predicted molar refractivity (Wildman–Crippen MR) is 109 cm³/mol. The molecule has 7 heteroatoms. The fourth-order valence-electron chi connectivity index (χ4n) is 2.86. The molecule has 0 saturated heterocycles. The zero-order chi connectivity index (χ0) is 20.8. The summed E-state index contributed by atoms with van der Waals surface area (Å²) in [7, 11) is 0. The standard InChI is InChI=1S/C21H25NO5S/c1-6-15-14(5)28-19(18(15)21(25)26-7-2)22-17(23)11-27-20(24)16-10-8-9-12(3)13(16)4/h8-10H,6-7,11H2,1-5H3,(H,22,23). The van der Waals surface area contributed by atoms with Crippen molar-refractivity contribution in [3.8, 4) is 0 Å². The average Bonchev–Trinajstić information content (AvgIpc) is 2.97. The Morgan fingerprint density at radius 2 is 1.75 bits per heavy atom. The van der Waals surface area contributed by atoms with Crippen LogP contribution in [0.15, 0.2) is 18.2 Å². The summed E-state index contributed by atoms with van der Waals surface area (Å²) in [5.74, 6) is -1.53. The predicted octanol–water partition coefficient (Wildman–Crippen LogP) is 4.21. The van der Waals surface area contributed by atoms with Crippen molar-refractivity contribution >= 4 is 34.2 Å². The van der Waals surface area contributed by atoms with Gasteiger partial charge in [0.1, 0.15) is 5.00 Å². The van der Waals surface area contributed by atoms with Gasteiger partial charge in [-0.3, -0.25) is 4.79 Å². The Balaban J connectivity index is 2.10. The highest BCUT2D eigenvalue weighted by Crippen LogP contribution is 2.34. The summed E-state index contributed by atoms with van der Waals surface area (Å²) in [4.78, 5) is 37.8. The van der Waals surface area contributed by atoms with Crippen LogP contribution in [0.5, 0.6) is 0 Å². The molecule has 1 amide bonds. The van der Waals surface area contributed by atoms with E-state index in [0.717, 1.165) is 21.6 Å². The van der Waals surface area contributed by atoms with E-state index in [9.17, 15) is 14.4 Å². The molecule has 0 bridgehead atoms. The molecular weight excluding hydrogens is 378 g/mol. The summed E-state index contributed by atoms with van der Waals surface area (Å²) in [5, 5.41) is 3.10. The molecule has 2 rings (SSSR count). The molecule has 0 atom stereocenters. The zero-order valence-corrected chi connectivity index (χ0v) is 17.6. The van der Waals surface area contributed by atoms with E-state index < -0.39 is 24.5 Å². The number of esters is 2. The van der Waals surface area contributed by atoms with Gasteiger partial charge < -0.3 is 14.8 Å². The number of carbonyl (C=O) groups excluding carboxylic acids is 3. The lowest BCUT2D eigenvalue weighted by Crippen LogP contribution is -2.22. The van der Waals surface area contributed by atoms with E-state index >= 15 is 0 Å². The molecule has 6 nitrogen and oxygen atoms in total. The van der Waals surface area contributed by atoms with Crippen LogP contribution < -0.4 is 5.32 Å². The smallest absolute Gasteiger partial charge is 0.341 e. The molecule has 1 N–H and O–H groups in total. The first-order chi connectivity index (χ1) is 13.3. The van der Waals surface area contributed by atoms with E-state index in [1.807, 2.05) is 33.8 Å². The number of thiophene rings is 1. The van der Waals surface area contributed by atoms with Crippen molar-refractivity contribution in [2.45, 2.75) is 41.0 Å². The second kappa shape index (κ2) is 9.50. The fourth-order valence-corrected chi connectivity index (χ4v) is 4.00. The fraction of sp³-hybridized carbons (Fsp3) is 0.381. The van der Waals surface area contributed by atoms with Gasteiger partial charge in [-0.05, 0) is 56.9 Å². The topological polar surface area (TPSA) is 81.7 Å². The molecule has 0 radical (unpaired) electrons. The van der Waals surface area contributed by atoms with Gasteiger partial charge in [0, 0.05) is 4.88 Å². The number of rotatable bonds is 7. The SMILES string of the molecule is CCOC(=O)c1c(NC(=O)COC(=O)c2cccc(C)c2C)sc(C)c1CC. The van der Waals surface area contributed by atoms with E-state index in [1.165, 1.54) is 11.3 Å². The normalized spacial score (nSPS) is 10.5. The third-order valence-corrected chi connectivity index (χ3v) is 5.52. The molecule has 1 heterocycles. The third kappa shape index (κ3) is 4.78. The molecule has 0 saturated carbocycles. The third-order valence-electron chi connectivity index (χ3n) is 4.45. The van der Waals surface area contributed by atoms with Crippen LogP contribution >= 0.6 is 11.3 Å². The van der Waals surface area contributed by atoms with Crippen molar-refractivity contribution in [2.24, 2.45) is 0 Å². The lowest BCUT2D eigenvalue weighted by Gasteiger charge is -2.10. The Hall–Kier alpha value is -2.67. The number of amides is 1. The van der Waals surface area contributed by atoms with Gasteiger partial charge in [-0.15, -0.1) is 11.3 Å². The monoisotopic (exact) mass is 403 g/mol. The average molecular weight is 404 g/mol. The van der Waals surface area contributed by atoms with Gasteiger partial charge in [-0.2, -0.15) is 0 Å². The van der Waals surface area contributed by atoms with Crippen LogP contribution in [0, 0.1) is 20.8 Å². The van der Waals surface area contributed by atoms with Crippen LogP contribution in [0.2, 0.25) is 0 Å². The van der Waals surface area contributed by atoms with Gasteiger partial charge in [0.25, 0.3) is 5.91 Å². The van der Waals surface area contributed by atoms with E-state index in [-0.39, 0.29) is 6.61 Å². The number of carbonyl (C=O) groups is 3. The minimum atomic E-state index is -0.557.